The van der Waals surface area contributed by atoms with Crippen LogP contribution in [-0.4, -0.2) is 35.5 Å². The van der Waals surface area contributed by atoms with E-state index in [0.717, 1.165) is 34.0 Å². The maximum absolute atomic E-state index is 4.49. The Labute approximate surface area is 105 Å². The molecule has 0 saturated carbocycles. The number of nitrogens with one attached hydrogen (secondary N) is 1. The molecule has 15 heavy (non-hydrogen) atoms. The molecule has 1 rings (SSSR count). The molecule has 4 nitrogen and oxygen atoms in total. The maximum Gasteiger partial charge on any atom is 0.145 e. The van der Waals surface area contributed by atoms with Gasteiger partial charge in [0.2, 0.25) is 0 Å². The van der Waals surface area contributed by atoms with Crippen LogP contribution in [0.5, 0.6) is 0 Å². The first-order chi connectivity index (χ1) is 7.04. The van der Waals surface area contributed by atoms with E-state index in [0.29, 0.717) is 0 Å². The molecule has 0 spiro atoms. The van der Waals surface area contributed by atoms with E-state index >= 15 is 0 Å². The second-order valence-corrected chi connectivity index (χ2v) is 4.73. The third kappa shape index (κ3) is 3.57. The molecule has 0 aromatic carbocycles. The van der Waals surface area contributed by atoms with Crippen molar-refractivity contribution < 1.29 is 0 Å². The Hall–Kier alpha value is -0.430. The molecule has 0 atom stereocenters. The van der Waals surface area contributed by atoms with Crippen molar-refractivity contribution >= 4 is 28.4 Å². The van der Waals surface area contributed by atoms with Gasteiger partial charge in [0.25, 0.3) is 0 Å². The van der Waals surface area contributed by atoms with Gasteiger partial charge in [-0.2, -0.15) is 0 Å². The molecule has 0 bridgehead atoms. The summed E-state index contributed by atoms with van der Waals surface area (Å²) in [4.78, 5) is 11.0. The quantitative estimate of drug-likeness (QED) is 0.860. The van der Waals surface area contributed by atoms with Crippen LogP contribution in [0.1, 0.15) is 18.4 Å². The summed E-state index contributed by atoms with van der Waals surface area (Å²) in [5.41, 5.74) is 1.04. The minimum atomic E-state index is 0.774. The monoisotopic (exact) mass is 320 g/mol. The Morgan fingerprint density at radius 2 is 2.00 bits per heavy atom. The van der Waals surface area contributed by atoms with E-state index < -0.39 is 0 Å². The predicted molar refractivity (Wildman–Crippen MR) is 71.0 cm³/mol. The number of anilines is 1. The van der Waals surface area contributed by atoms with Crippen molar-refractivity contribution in [2.24, 2.45) is 0 Å². The van der Waals surface area contributed by atoms with Gasteiger partial charge in [0.1, 0.15) is 11.6 Å². The molecule has 1 N–H and O–H groups in total. The van der Waals surface area contributed by atoms with E-state index in [2.05, 4.69) is 49.7 Å². The first-order valence-electron chi connectivity index (χ1n) is 4.96. The summed E-state index contributed by atoms with van der Waals surface area (Å²) in [6.45, 7) is 5.74. The lowest BCUT2D eigenvalue weighted by molar-refractivity contribution is 0.390. The summed E-state index contributed by atoms with van der Waals surface area (Å²) >= 11 is 2.28. The van der Waals surface area contributed by atoms with E-state index in [4.69, 9.17) is 0 Å². The first-order valence-corrected chi connectivity index (χ1v) is 6.04. The molecule has 1 aromatic rings. The average Bonchev–Trinajstić information content (AvgIpc) is 2.12. The van der Waals surface area contributed by atoms with Crippen LogP contribution in [0.4, 0.5) is 5.82 Å². The second kappa shape index (κ2) is 5.60. The number of rotatable bonds is 4. The third-order valence-corrected chi connectivity index (χ3v) is 3.16. The molecule has 84 valence electrons. The Kier molecular flexibility index (Phi) is 4.72. The van der Waals surface area contributed by atoms with Crippen molar-refractivity contribution in [3.63, 3.8) is 0 Å². The molecule has 0 unspecified atom stereocenters. The zero-order chi connectivity index (χ0) is 11.4. The maximum atomic E-state index is 4.49. The third-order valence-electron chi connectivity index (χ3n) is 1.87. The Bertz CT molecular complexity index is 338. The SMILES string of the molecule is CCNc1nc(CN(C)C)nc(C)c1I. The minimum absolute atomic E-state index is 0.774. The van der Waals surface area contributed by atoms with Gasteiger partial charge < -0.3 is 10.2 Å². The zero-order valence-corrected chi connectivity index (χ0v) is 11.8. The van der Waals surface area contributed by atoms with Gasteiger partial charge in [-0.1, -0.05) is 0 Å². The number of aryl methyl sites for hydroxylation is 1. The molecular formula is C10H17IN4. The van der Waals surface area contributed by atoms with Crippen LogP contribution >= 0.6 is 22.6 Å². The van der Waals surface area contributed by atoms with Crippen LogP contribution in [0.2, 0.25) is 0 Å². The molecule has 5 heteroatoms. The fourth-order valence-corrected chi connectivity index (χ4v) is 1.69. The number of halogens is 1. The lowest BCUT2D eigenvalue weighted by atomic mass is 10.4. The minimum Gasteiger partial charge on any atom is -0.369 e. The van der Waals surface area contributed by atoms with E-state index in [1.165, 1.54) is 0 Å². The number of nitrogens with zero attached hydrogens (tertiary/aromatic N) is 3. The average molecular weight is 320 g/mol. The highest BCUT2D eigenvalue weighted by atomic mass is 127. The Morgan fingerprint density at radius 1 is 1.33 bits per heavy atom. The van der Waals surface area contributed by atoms with Crippen molar-refractivity contribution in [2.75, 3.05) is 26.0 Å². The van der Waals surface area contributed by atoms with Gasteiger partial charge in [-0.15, -0.1) is 0 Å². The van der Waals surface area contributed by atoms with Gasteiger partial charge in [-0.3, -0.25) is 0 Å². The largest absolute Gasteiger partial charge is 0.369 e. The van der Waals surface area contributed by atoms with Crippen LogP contribution < -0.4 is 5.32 Å². The molecule has 0 amide bonds. The smallest absolute Gasteiger partial charge is 0.145 e. The van der Waals surface area contributed by atoms with E-state index in [-0.39, 0.29) is 0 Å². The fourth-order valence-electron chi connectivity index (χ4n) is 1.26. The van der Waals surface area contributed by atoms with E-state index in [1.54, 1.807) is 0 Å². The van der Waals surface area contributed by atoms with Gasteiger partial charge in [-0.05, 0) is 50.5 Å². The molecule has 1 aromatic heterocycles. The number of hydrogen-bond donors (Lipinski definition) is 1. The van der Waals surface area contributed by atoms with E-state index in [1.807, 2.05) is 21.0 Å². The summed E-state index contributed by atoms with van der Waals surface area (Å²) in [6.07, 6.45) is 0. The molecular weight excluding hydrogens is 303 g/mol. The molecule has 1 heterocycles. The number of aromatic nitrogens is 2. The summed E-state index contributed by atoms with van der Waals surface area (Å²) in [7, 11) is 4.03. The van der Waals surface area contributed by atoms with Crippen molar-refractivity contribution in [2.45, 2.75) is 20.4 Å². The normalized spacial score (nSPS) is 10.8. The van der Waals surface area contributed by atoms with Crippen LogP contribution in [-0.2, 0) is 6.54 Å². The highest BCUT2D eigenvalue weighted by Crippen LogP contribution is 2.18. The van der Waals surface area contributed by atoms with Crippen molar-refractivity contribution in [3.05, 3.63) is 15.1 Å². The second-order valence-electron chi connectivity index (χ2n) is 3.66. The molecule has 0 radical (unpaired) electrons. The summed E-state index contributed by atoms with van der Waals surface area (Å²) in [6, 6.07) is 0. The van der Waals surface area contributed by atoms with E-state index in [9.17, 15) is 0 Å². The lowest BCUT2D eigenvalue weighted by Crippen LogP contribution is -2.16. The first kappa shape index (κ1) is 12.6. The Balaban J connectivity index is 3.00. The van der Waals surface area contributed by atoms with Crippen molar-refractivity contribution in [1.82, 2.24) is 14.9 Å². The van der Waals surface area contributed by atoms with Gasteiger partial charge in [0.15, 0.2) is 0 Å². The molecule has 0 saturated heterocycles. The van der Waals surface area contributed by atoms with Crippen LogP contribution in [0.25, 0.3) is 0 Å². The lowest BCUT2D eigenvalue weighted by Gasteiger charge is -2.12. The van der Waals surface area contributed by atoms with Gasteiger partial charge in [-0.25, -0.2) is 9.97 Å². The highest BCUT2D eigenvalue weighted by Gasteiger charge is 2.08. The predicted octanol–water partition coefficient (Wildman–Crippen LogP) is 1.88. The van der Waals surface area contributed by atoms with Crippen molar-refractivity contribution in [3.8, 4) is 0 Å². The van der Waals surface area contributed by atoms with Gasteiger partial charge in [0.05, 0.1) is 15.8 Å². The molecule has 0 aliphatic heterocycles. The summed E-state index contributed by atoms with van der Waals surface area (Å²) in [5, 5.41) is 3.25. The zero-order valence-electron chi connectivity index (χ0n) is 9.63. The summed E-state index contributed by atoms with van der Waals surface area (Å²) < 4.78 is 1.11. The number of hydrogen-bond acceptors (Lipinski definition) is 4. The molecule has 0 fully saturated rings. The Morgan fingerprint density at radius 3 is 2.53 bits per heavy atom. The van der Waals surface area contributed by atoms with Crippen molar-refractivity contribution in [1.29, 1.82) is 0 Å². The topological polar surface area (TPSA) is 41.1 Å². The van der Waals surface area contributed by atoms with Crippen LogP contribution in [0.15, 0.2) is 0 Å². The van der Waals surface area contributed by atoms with Crippen LogP contribution in [0, 0.1) is 10.5 Å². The van der Waals surface area contributed by atoms with Crippen LogP contribution in [0.3, 0.4) is 0 Å². The van der Waals surface area contributed by atoms with Gasteiger partial charge in [0, 0.05) is 6.54 Å². The van der Waals surface area contributed by atoms with Gasteiger partial charge >= 0.3 is 0 Å². The summed E-state index contributed by atoms with van der Waals surface area (Å²) in [5.74, 6) is 1.82. The molecule has 0 aliphatic rings. The molecule has 0 aliphatic carbocycles. The highest BCUT2D eigenvalue weighted by molar-refractivity contribution is 14.1. The standard InChI is InChI=1S/C10H17IN4/c1-5-12-10-9(11)7(2)13-8(14-10)6-15(3)4/h5-6H2,1-4H3,(H,12,13,14). The fraction of sp³-hybridized carbons (Fsp3) is 0.600.